The van der Waals surface area contributed by atoms with Crippen molar-refractivity contribution in [2.75, 3.05) is 20.0 Å². The third-order valence-corrected chi connectivity index (χ3v) is 2.92. The first-order chi connectivity index (χ1) is 11.2. The predicted octanol–water partition coefficient (Wildman–Crippen LogP) is 2.87. The third kappa shape index (κ3) is 3.97. The Morgan fingerprint density at radius 3 is 2.70 bits per heavy atom. The van der Waals surface area contributed by atoms with Gasteiger partial charge in [0, 0.05) is 0 Å². The minimum Gasteiger partial charge on any atom is -0.493 e. The van der Waals surface area contributed by atoms with Gasteiger partial charge in [0.25, 0.3) is 0 Å². The lowest BCUT2D eigenvalue weighted by Crippen LogP contribution is -2.03. The average Bonchev–Trinajstić information content (AvgIpc) is 2.56. The van der Waals surface area contributed by atoms with E-state index in [2.05, 4.69) is 20.0 Å². The Kier molecular flexibility index (Phi) is 5.51. The molecule has 2 rings (SSSR count). The molecule has 0 amide bonds. The quantitative estimate of drug-likeness (QED) is 0.651. The largest absolute Gasteiger partial charge is 0.493 e. The number of allylic oxidation sites excluding steroid dienone is 1. The van der Waals surface area contributed by atoms with Crippen molar-refractivity contribution in [2.45, 2.75) is 6.92 Å². The zero-order chi connectivity index (χ0) is 16.7. The molecule has 0 fully saturated rings. The number of nitrogens with zero attached hydrogens (tertiary/aromatic N) is 3. The van der Waals surface area contributed by atoms with Gasteiger partial charge in [0.15, 0.2) is 11.5 Å². The zero-order valence-corrected chi connectivity index (χ0v) is 13.2. The fourth-order valence-electron chi connectivity index (χ4n) is 1.87. The van der Waals surface area contributed by atoms with Gasteiger partial charge >= 0.3 is 0 Å². The molecule has 0 spiro atoms. The van der Waals surface area contributed by atoms with Crippen LogP contribution < -0.4 is 15.2 Å². The number of aromatic nitrogens is 2. The first-order valence-corrected chi connectivity index (χ1v) is 6.85. The molecule has 0 bridgehead atoms. The summed E-state index contributed by atoms with van der Waals surface area (Å²) in [7, 11) is 3.00. The van der Waals surface area contributed by atoms with E-state index >= 15 is 0 Å². The van der Waals surface area contributed by atoms with Gasteiger partial charge in [-0.25, -0.2) is 9.97 Å². The van der Waals surface area contributed by atoms with Crippen LogP contribution in [0.15, 0.2) is 35.8 Å². The zero-order valence-electron chi connectivity index (χ0n) is 13.2. The molecule has 1 aromatic carbocycles. The van der Waals surface area contributed by atoms with Crippen LogP contribution >= 0.6 is 0 Å². The summed E-state index contributed by atoms with van der Waals surface area (Å²) >= 11 is 0. The standard InChI is InChI=1S/C16H18N4O3/c1-4-5-11-6-7-13(14(8-11)21-2)23-16-12(9-20-22-3)15(17)18-10-19-16/h4-10H,1-3H3,(H2,17,18,19)/b5-4+,20-9?. The second-order valence-corrected chi connectivity index (χ2v) is 4.41. The summed E-state index contributed by atoms with van der Waals surface area (Å²) in [6.07, 6.45) is 6.62. The molecular formula is C16H18N4O3. The number of benzene rings is 1. The lowest BCUT2D eigenvalue weighted by Gasteiger charge is -2.12. The van der Waals surface area contributed by atoms with Gasteiger partial charge in [0.1, 0.15) is 24.8 Å². The Balaban J connectivity index is 2.39. The highest BCUT2D eigenvalue weighted by atomic mass is 16.6. The van der Waals surface area contributed by atoms with E-state index in [1.807, 2.05) is 31.2 Å². The Bertz CT molecular complexity index is 729. The molecule has 0 atom stereocenters. The van der Waals surface area contributed by atoms with E-state index in [0.717, 1.165) is 5.56 Å². The van der Waals surface area contributed by atoms with Crippen molar-refractivity contribution in [3.8, 4) is 17.4 Å². The normalized spacial score (nSPS) is 11.1. The number of nitrogens with two attached hydrogens (primary N) is 1. The van der Waals surface area contributed by atoms with Crippen LogP contribution in [-0.2, 0) is 4.84 Å². The number of methoxy groups -OCH3 is 1. The molecule has 0 radical (unpaired) electrons. The van der Waals surface area contributed by atoms with Gasteiger partial charge in [0.2, 0.25) is 5.88 Å². The number of anilines is 1. The second kappa shape index (κ2) is 7.79. The molecule has 0 aliphatic carbocycles. The lowest BCUT2D eigenvalue weighted by molar-refractivity contribution is 0.215. The first-order valence-electron chi connectivity index (χ1n) is 6.85. The smallest absolute Gasteiger partial charge is 0.233 e. The third-order valence-electron chi connectivity index (χ3n) is 2.92. The summed E-state index contributed by atoms with van der Waals surface area (Å²) < 4.78 is 11.2. The average molecular weight is 314 g/mol. The highest BCUT2D eigenvalue weighted by Crippen LogP contribution is 2.33. The molecule has 2 N–H and O–H groups in total. The van der Waals surface area contributed by atoms with Gasteiger partial charge in [-0.2, -0.15) is 0 Å². The molecule has 0 aliphatic rings. The van der Waals surface area contributed by atoms with Crippen molar-refractivity contribution >= 4 is 18.1 Å². The van der Waals surface area contributed by atoms with Crippen molar-refractivity contribution < 1.29 is 14.3 Å². The highest BCUT2D eigenvalue weighted by Gasteiger charge is 2.13. The summed E-state index contributed by atoms with van der Waals surface area (Å²) in [5.74, 6) is 1.58. The monoisotopic (exact) mass is 314 g/mol. The van der Waals surface area contributed by atoms with Gasteiger partial charge in [-0.05, 0) is 24.6 Å². The summed E-state index contributed by atoms with van der Waals surface area (Å²) in [4.78, 5) is 12.7. The van der Waals surface area contributed by atoms with E-state index < -0.39 is 0 Å². The number of hydrogen-bond acceptors (Lipinski definition) is 7. The molecule has 23 heavy (non-hydrogen) atoms. The van der Waals surface area contributed by atoms with Crippen LogP contribution in [0.3, 0.4) is 0 Å². The number of nitrogen functional groups attached to an aromatic ring is 1. The second-order valence-electron chi connectivity index (χ2n) is 4.41. The molecule has 120 valence electrons. The highest BCUT2D eigenvalue weighted by molar-refractivity contribution is 5.88. The van der Waals surface area contributed by atoms with Crippen molar-refractivity contribution in [2.24, 2.45) is 5.16 Å². The van der Waals surface area contributed by atoms with E-state index in [-0.39, 0.29) is 11.7 Å². The molecule has 0 saturated heterocycles. The maximum absolute atomic E-state index is 5.83. The molecule has 2 aromatic rings. The van der Waals surface area contributed by atoms with Crippen molar-refractivity contribution in [3.05, 3.63) is 41.7 Å². The molecule has 7 heteroatoms. The summed E-state index contributed by atoms with van der Waals surface area (Å²) in [5, 5.41) is 3.68. The Morgan fingerprint density at radius 1 is 1.17 bits per heavy atom. The van der Waals surface area contributed by atoms with Crippen LogP contribution in [-0.4, -0.2) is 30.4 Å². The van der Waals surface area contributed by atoms with E-state index in [1.54, 1.807) is 13.2 Å². The van der Waals surface area contributed by atoms with E-state index in [9.17, 15) is 0 Å². The number of rotatable bonds is 6. The fourth-order valence-corrected chi connectivity index (χ4v) is 1.87. The number of hydrogen-bond donors (Lipinski definition) is 1. The first kappa shape index (κ1) is 16.3. The molecule has 1 aromatic heterocycles. The van der Waals surface area contributed by atoms with E-state index in [0.29, 0.717) is 17.1 Å². The van der Waals surface area contributed by atoms with Crippen LogP contribution in [0, 0.1) is 0 Å². The summed E-state index contributed by atoms with van der Waals surface area (Å²) in [6, 6.07) is 5.57. The topological polar surface area (TPSA) is 91.9 Å². The fraction of sp³-hybridized carbons (Fsp3) is 0.188. The van der Waals surface area contributed by atoms with Gasteiger partial charge in [-0.1, -0.05) is 23.4 Å². The van der Waals surface area contributed by atoms with Crippen molar-refractivity contribution in [3.63, 3.8) is 0 Å². The Labute approximate surface area is 134 Å². The Hall–Kier alpha value is -3.09. The van der Waals surface area contributed by atoms with E-state index in [1.165, 1.54) is 19.7 Å². The van der Waals surface area contributed by atoms with Crippen LogP contribution in [0.4, 0.5) is 5.82 Å². The maximum Gasteiger partial charge on any atom is 0.233 e. The molecule has 1 heterocycles. The minimum atomic E-state index is 0.236. The summed E-state index contributed by atoms with van der Waals surface area (Å²) in [6.45, 7) is 1.95. The van der Waals surface area contributed by atoms with Crippen LogP contribution in [0.25, 0.3) is 6.08 Å². The molecule has 7 nitrogen and oxygen atoms in total. The van der Waals surface area contributed by atoms with Gasteiger partial charge in [-0.15, -0.1) is 0 Å². The molecule has 0 saturated carbocycles. The van der Waals surface area contributed by atoms with Gasteiger partial charge in [0.05, 0.1) is 13.3 Å². The maximum atomic E-state index is 5.83. The molecule has 0 aliphatic heterocycles. The molecule has 0 unspecified atom stereocenters. The van der Waals surface area contributed by atoms with Crippen LogP contribution in [0.2, 0.25) is 0 Å². The van der Waals surface area contributed by atoms with Crippen molar-refractivity contribution in [1.82, 2.24) is 9.97 Å². The van der Waals surface area contributed by atoms with Gasteiger partial charge in [-0.3, -0.25) is 0 Å². The molecular weight excluding hydrogens is 296 g/mol. The number of ether oxygens (including phenoxy) is 2. The minimum absolute atomic E-state index is 0.236. The Morgan fingerprint density at radius 2 is 2.00 bits per heavy atom. The lowest BCUT2D eigenvalue weighted by atomic mass is 10.2. The van der Waals surface area contributed by atoms with E-state index in [4.69, 9.17) is 15.2 Å². The van der Waals surface area contributed by atoms with Crippen molar-refractivity contribution in [1.29, 1.82) is 0 Å². The van der Waals surface area contributed by atoms with Gasteiger partial charge < -0.3 is 20.0 Å². The SMILES string of the molecule is C/C=C/c1ccc(Oc2ncnc(N)c2C=NOC)c(OC)c1. The summed E-state index contributed by atoms with van der Waals surface area (Å²) in [5.41, 5.74) is 7.26. The van der Waals surface area contributed by atoms with Crippen LogP contribution in [0.5, 0.6) is 17.4 Å². The predicted molar refractivity (Wildman–Crippen MR) is 88.8 cm³/mol. The van der Waals surface area contributed by atoms with Crippen LogP contribution in [0.1, 0.15) is 18.1 Å². The number of oxime groups is 1.